The van der Waals surface area contributed by atoms with E-state index >= 15 is 0 Å². The SMILES string of the molecule is COC(=O)C(NC(=O)Nc1cc(OC)cc(OC)c1)C(C)C. The van der Waals surface area contributed by atoms with Gasteiger partial charge in [-0.05, 0) is 5.92 Å². The fraction of sp³-hybridized carbons (Fsp3) is 0.467. The Bertz CT molecular complexity index is 508. The number of hydrogen-bond acceptors (Lipinski definition) is 5. The number of esters is 1. The number of benzene rings is 1. The number of hydrogen-bond donors (Lipinski definition) is 2. The fourth-order valence-electron chi connectivity index (χ4n) is 1.81. The molecule has 0 aromatic heterocycles. The van der Waals surface area contributed by atoms with Crippen LogP contribution in [0.25, 0.3) is 0 Å². The zero-order chi connectivity index (χ0) is 16.7. The van der Waals surface area contributed by atoms with Crippen molar-refractivity contribution in [2.75, 3.05) is 26.6 Å². The topological polar surface area (TPSA) is 85.9 Å². The van der Waals surface area contributed by atoms with Crippen LogP contribution in [0.1, 0.15) is 13.8 Å². The zero-order valence-electron chi connectivity index (χ0n) is 13.4. The van der Waals surface area contributed by atoms with Gasteiger partial charge in [0, 0.05) is 23.9 Å². The fourth-order valence-corrected chi connectivity index (χ4v) is 1.81. The monoisotopic (exact) mass is 310 g/mol. The van der Waals surface area contributed by atoms with E-state index in [1.165, 1.54) is 21.3 Å². The van der Waals surface area contributed by atoms with Crippen molar-refractivity contribution < 1.29 is 23.8 Å². The molecule has 0 saturated heterocycles. The number of nitrogens with one attached hydrogen (secondary N) is 2. The number of urea groups is 1. The number of methoxy groups -OCH3 is 3. The summed E-state index contributed by atoms with van der Waals surface area (Å²) >= 11 is 0. The summed E-state index contributed by atoms with van der Waals surface area (Å²) in [7, 11) is 4.32. The summed E-state index contributed by atoms with van der Waals surface area (Å²) in [5.74, 6) is 0.498. The Morgan fingerprint density at radius 1 is 1.00 bits per heavy atom. The molecule has 22 heavy (non-hydrogen) atoms. The van der Waals surface area contributed by atoms with Crippen molar-refractivity contribution in [3.63, 3.8) is 0 Å². The molecule has 1 unspecified atom stereocenters. The lowest BCUT2D eigenvalue weighted by Crippen LogP contribution is -2.46. The Hall–Kier alpha value is -2.44. The van der Waals surface area contributed by atoms with E-state index in [1.54, 1.807) is 18.2 Å². The van der Waals surface area contributed by atoms with Gasteiger partial charge in [-0.1, -0.05) is 13.8 Å². The number of amides is 2. The number of anilines is 1. The van der Waals surface area contributed by atoms with Crippen LogP contribution in [0.4, 0.5) is 10.5 Å². The smallest absolute Gasteiger partial charge is 0.328 e. The van der Waals surface area contributed by atoms with Crippen LogP contribution < -0.4 is 20.1 Å². The highest BCUT2D eigenvalue weighted by Crippen LogP contribution is 2.25. The summed E-state index contributed by atoms with van der Waals surface area (Å²) in [6, 6.07) is 3.74. The molecule has 1 aromatic carbocycles. The van der Waals surface area contributed by atoms with Crippen molar-refractivity contribution in [1.82, 2.24) is 5.32 Å². The summed E-state index contributed by atoms with van der Waals surface area (Å²) in [6.07, 6.45) is 0. The molecule has 1 atom stereocenters. The molecule has 2 amide bonds. The van der Waals surface area contributed by atoms with Crippen LogP contribution in [0.15, 0.2) is 18.2 Å². The first kappa shape index (κ1) is 17.6. The van der Waals surface area contributed by atoms with E-state index in [2.05, 4.69) is 15.4 Å². The molecule has 1 rings (SSSR count). The Kier molecular flexibility index (Phi) is 6.49. The molecule has 7 nitrogen and oxygen atoms in total. The number of carbonyl (C=O) groups excluding carboxylic acids is 2. The molecule has 122 valence electrons. The molecule has 0 spiro atoms. The van der Waals surface area contributed by atoms with E-state index in [0.29, 0.717) is 17.2 Å². The Morgan fingerprint density at radius 3 is 1.95 bits per heavy atom. The lowest BCUT2D eigenvalue weighted by atomic mass is 10.1. The molecule has 0 heterocycles. The van der Waals surface area contributed by atoms with Gasteiger partial charge < -0.3 is 24.8 Å². The molecule has 7 heteroatoms. The highest BCUT2D eigenvalue weighted by molar-refractivity contribution is 5.93. The van der Waals surface area contributed by atoms with Gasteiger partial charge in [-0.3, -0.25) is 0 Å². The Balaban J connectivity index is 2.81. The average Bonchev–Trinajstić information content (AvgIpc) is 2.50. The quantitative estimate of drug-likeness (QED) is 0.785. The summed E-state index contributed by atoms with van der Waals surface area (Å²) in [5.41, 5.74) is 0.487. The van der Waals surface area contributed by atoms with Crippen molar-refractivity contribution in [3.8, 4) is 11.5 Å². The van der Waals surface area contributed by atoms with Gasteiger partial charge in [0.15, 0.2) is 0 Å². The normalized spacial score (nSPS) is 11.5. The van der Waals surface area contributed by atoms with Gasteiger partial charge in [-0.15, -0.1) is 0 Å². The molecule has 2 N–H and O–H groups in total. The van der Waals surface area contributed by atoms with Crippen LogP contribution in [-0.4, -0.2) is 39.4 Å². The van der Waals surface area contributed by atoms with Gasteiger partial charge in [0.25, 0.3) is 0 Å². The van der Waals surface area contributed by atoms with E-state index < -0.39 is 18.0 Å². The van der Waals surface area contributed by atoms with E-state index in [-0.39, 0.29) is 5.92 Å². The molecule has 1 aromatic rings. The van der Waals surface area contributed by atoms with E-state index in [9.17, 15) is 9.59 Å². The van der Waals surface area contributed by atoms with Crippen molar-refractivity contribution >= 4 is 17.7 Å². The zero-order valence-corrected chi connectivity index (χ0v) is 13.4. The van der Waals surface area contributed by atoms with Crippen molar-refractivity contribution in [2.45, 2.75) is 19.9 Å². The summed E-state index contributed by atoms with van der Waals surface area (Å²) in [4.78, 5) is 23.7. The second-order valence-electron chi connectivity index (χ2n) is 4.94. The first-order valence-corrected chi connectivity index (χ1v) is 6.79. The molecule has 0 aliphatic carbocycles. The first-order chi connectivity index (χ1) is 10.4. The van der Waals surface area contributed by atoms with Crippen LogP contribution >= 0.6 is 0 Å². The van der Waals surface area contributed by atoms with Crippen LogP contribution in [0.5, 0.6) is 11.5 Å². The third-order valence-electron chi connectivity index (χ3n) is 3.02. The van der Waals surface area contributed by atoms with E-state index in [0.717, 1.165) is 0 Å². The minimum absolute atomic E-state index is 0.0990. The van der Waals surface area contributed by atoms with Gasteiger partial charge in [-0.25, -0.2) is 9.59 Å². The number of rotatable bonds is 6. The number of carbonyl (C=O) groups is 2. The van der Waals surface area contributed by atoms with E-state index in [4.69, 9.17) is 9.47 Å². The third-order valence-corrected chi connectivity index (χ3v) is 3.02. The standard InChI is InChI=1S/C15H22N2O5/c1-9(2)13(14(18)22-5)17-15(19)16-10-6-11(20-3)8-12(7-10)21-4/h6-9,13H,1-5H3,(H2,16,17,19). The first-order valence-electron chi connectivity index (χ1n) is 6.79. The predicted octanol–water partition coefficient (Wildman–Crippen LogP) is 2.02. The molecule has 0 radical (unpaired) electrons. The predicted molar refractivity (Wildman–Crippen MR) is 82.3 cm³/mol. The van der Waals surface area contributed by atoms with Gasteiger partial charge in [-0.2, -0.15) is 0 Å². The van der Waals surface area contributed by atoms with Crippen molar-refractivity contribution in [1.29, 1.82) is 0 Å². The molecular weight excluding hydrogens is 288 g/mol. The number of ether oxygens (including phenoxy) is 3. The van der Waals surface area contributed by atoms with Gasteiger partial charge >= 0.3 is 12.0 Å². The maximum Gasteiger partial charge on any atom is 0.328 e. The van der Waals surface area contributed by atoms with Crippen molar-refractivity contribution in [2.24, 2.45) is 5.92 Å². The molecule has 0 aliphatic heterocycles. The summed E-state index contributed by atoms with van der Waals surface area (Å²) in [5, 5.41) is 5.22. The van der Waals surface area contributed by atoms with Crippen LogP contribution in [0.2, 0.25) is 0 Å². The highest BCUT2D eigenvalue weighted by atomic mass is 16.5. The third kappa shape index (κ3) is 4.83. The molecule has 0 fully saturated rings. The summed E-state index contributed by atoms with van der Waals surface area (Å²) in [6.45, 7) is 3.63. The molecule has 0 saturated carbocycles. The van der Waals surface area contributed by atoms with Gasteiger partial charge in [0.2, 0.25) is 0 Å². The minimum atomic E-state index is -0.725. The van der Waals surface area contributed by atoms with Gasteiger partial charge in [0.05, 0.1) is 21.3 Å². The van der Waals surface area contributed by atoms with Crippen molar-refractivity contribution in [3.05, 3.63) is 18.2 Å². The van der Waals surface area contributed by atoms with Gasteiger partial charge in [0.1, 0.15) is 17.5 Å². The molecule has 0 aliphatic rings. The summed E-state index contributed by atoms with van der Waals surface area (Å²) < 4.78 is 14.9. The lowest BCUT2D eigenvalue weighted by molar-refractivity contribution is -0.143. The van der Waals surface area contributed by atoms with Crippen LogP contribution in [-0.2, 0) is 9.53 Å². The Morgan fingerprint density at radius 2 is 1.55 bits per heavy atom. The minimum Gasteiger partial charge on any atom is -0.497 e. The maximum atomic E-state index is 12.0. The molecular formula is C15H22N2O5. The average molecular weight is 310 g/mol. The largest absolute Gasteiger partial charge is 0.497 e. The highest BCUT2D eigenvalue weighted by Gasteiger charge is 2.24. The Labute approximate surface area is 129 Å². The second-order valence-corrected chi connectivity index (χ2v) is 4.94. The maximum absolute atomic E-state index is 12.0. The lowest BCUT2D eigenvalue weighted by Gasteiger charge is -2.20. The van der Waals surface area contributed by atoms with Crippen LogP contribution in [0.3, 0.4) is 0 Å². The van der Waals surface area contributed by atoms with E-state index in [1.807, 2.05) is 13.8 Å². The van der Waals surface area contributed by atoms with Crippen LogP contribution in [0, 0.1) is 5.92 Å². The molecule has 0 bridgehead atoms. The second kappa shape index (κ2) is 8.11.